The van der Waals surface area contributed by atoms with Crippen molar-refractivity contribution in [2.45, 2.75) is 19.9 Å². The molecule has 0 aromatic heterocycles. The van der Waals surface area contributed by atoms with Crippen molar-refractivity contribution < 1.29 is 9.53 Å². The summed E-state index contributed by atoms with van der Waals surface area (Å²) in [6.07, 6.45) is 3.70. The molecule has 1 N–H and O–H groups in total. The molecule has 2 aromatic rings. The van der Waals surface area contributed by atoms with E-state index in [1.54, 1.807) is 6.92 Å². The Hall–Kier alpha value is -3.01. The van der Waals surface area contributed by atoms with E-state index >= 15 is 0 Å². The van der Waals surface area contributed by atoms with Gasteiger partial charge in [0.1, 0.15) is 0 Å². The molecule has 1 aliphatic rings. The van der Waals surface area contributed by atoms with Crippen molar-refractivity contribution in [1.29, 1.82) is 0 Å². The molecule has 4 nitrogen and oxygen atoms in total. The molecule has 0 bridgehead atoms. The van der Waals surface area contributed by atoms with Crippen molar-refractivity contribution in [1.82, 2.24) is 10.4 Å². The highest BCUT2D eigenvalue weighted by Crippen LogP contribution is 2.33. The Morgan fingerprint density at radius 3 is 2.40 bits per heavy atom. The second kappa shape index (κ2) is 7.71. The van der Waals surface area contributed by atoms with Gasteiger partial charge in [-0.3, -0.25) is 10.4 Å². The van der Waals surface area contributed by atoms with Crippen molar-refractivity contribution in [3.05, 3.63) is 89.6 Å². The number of rotatable bonds is 5. The lowest BCUT2D eigenvalue weighted by Crippen LogP contribution is -2.32. The molecule has 4 heteroatoms. The van der Waals surface area contributed by atoms with Crippen LogP contribution in [0.15, 0.2) is 78.5 Å². The Morgan fingerprint density at radius 2 is 1.76 bits per heavy atom. The molecular weight excluding hydrogens is 312 g/mol. The Morgan fingerprint density at radius 1 is 1.12 bits per heavy atom. The number of benzene rings is 2. The summed E-state index contributed by atoms with van der Waals surface area (Å²) < 4.78 is 5.04. The number of hydrazine groups is 1. The number of hydrogen-bond acceptors (Lipinski definition) is 4. The smallest absolute Gasteiger partial charge is 0.332 e. The number of allylic oxidation sites excluding steroid dienone is 1. The minimum Gasteiger partial charge on any atom is -0.463 e. The molecule has 3 rings (SSSR count). The lowest BCUT2D eigenvalue weighted by atomic mass is 10.0. The molecule has 0 radical (unpaired) electrons. The molecule has 1 heterocycles. The molecule has 1 aliphatic heterocycles. The number of ether oxygens (including phenoxy) is 1. The maximum atomic E-state index is 11.8. The first kappa shape index (κ1) is 16.8. The van der Waals surface area contributed by atoms with E-state index in [0.29, 0.717) is 6.61 Å². The van der Waals surface area contributed by atoms with Gasteiger partial charge in [0.25, 0.3) is 0 Å². The molecule has 1 atom stereocenters. The largest absolute Gasteiger partial charge is 0.463 e. The molecule has 2 aromatic carbocycles. The van der Waals surface area contributed by atoms with Gasteiger partial charge < -0.3 is 4.74 Å². The fraction of sp³-hybridized carbons (Fsp3) is 0.190. The molecule has 0 amide bonds. The molecule has 0 aliphatic carbocycles. The quantitative estimate of drug-likeness (QED) is 0.661. The summed E-state index contributed by atoms with van der Waals surface area (Å²) in [5, 5.41) is 1.99. The van der Waals surface area contributed by atoms with Crippen molar-refractivity contribution in [3.63, 3.8) is 0 Å². The van der Waals surface area contributed by atoms with Crippen molar-refractivity contribution in [2.75, 3.05) is 6.61 Å². The zero-order valence-electron chi connectivity index (χ0n) is 14.5. The number of carbonyl (C=O) groups excluding carboxylic acids is 1. The van der Waals surface area contributed by atoms with E-state index in [4.69, 9.17) is 4.74 Å². The predicted octanol–water partition coefficient (Wildman–Crippen LogP) is 4.06. The van der Waals surface area contributed by atoms with E-state index in [1.807, 2.05) is 48.3 Å². The second-order valence-corrected chi connectivity index (χ2v) is 5.82. The zero-order valence-corrected chi connectivity index (χ0v) is 14.5. The van der Waals surface area contributed by atoms with Gasteiger partial charge >= 0.3 is 5.97 Å². The average molecular weight is 334 g/mol. The fourth-order valence-electron chi connectivity index (χ4n) is 2.87. The van der Waals surface area contributed by atoms with Gasteiger partial charge in [-0.05, 0) is 31.1 Å². The Balaban J connectivity index is 1.93. The van der Waals surface area contributed by atoms with Gasteiger partial charge in [0.15, 0.2) is 0 Å². The van der Waals surface area contributed by atoms with Crippen LogP contribution in [0.5, 0.6) is 0 Å². The van der Waals surface area contributed by atoms with E-state index in [1.165, 1.54) is 6.08 Å². The van der Waals surface area contributed by atoms with Crippen LogP contribution >= 0.6 is 0 Å². The van der Waals surface area contributed by atoms with Gasteiger partial charge in [0.2, 0.25) is 0 Å². The first-order valence-corrected chi connectivity index (χ1v) is 8.42. The molecule has 0 spiro atoms. The third-order valence-electron chi connectivity index (χ3n) is 4.06. The second-order valence-electron chi connectivity index (χ2n) is 5.82. The van der Waals surface area contributed by atoms with E-state index in [0.717, 1.165) is 22.5 Å². The average Bonchev–Trinajstić information content (AvgIpc) is 3.09. The standard InChI is InChI=1S/C21H22N2O2/c1-3-25-21(24)14-16(2)23-20(18-12-8-5-9-13-18)15-19(22-23)17-10-6-4-7-11-17/h4-15,20,22H,3H2,1-2H3/b16-14+/t20-/m1/s1. The molecule has 128 valence electrons. The molecule has 0 fully saturated rings. The lowest BCUT2D eigenvalue weighted by Gasteiger charge is -2.28. The first-order chi connectivity index (χ1) is 12.2. The van der Waals surface area contributed by atoms with Crippen LogP contribution < -0.4 is 5.43 Å². The molecule has 0 saturated carbocycles. The Labute approximate surface area is 148 Å². The van der Waals surface area contributed by atoms with Gasteiger partial charge in [-0.2, -0.15) is 0 Å². The van der Waals surface area contributed by atoms with Gasteiger partial charge in [-0.15, -0.1) is 0 Å². The number of carbonyl (C=O) groups is 1. The maximum Gasteiger partial charge on any atom is 0.332 e. The number of nitrogens with zero attached hydrogens (tertiary/aromatic N) is 1. The van der Waals surface area contributed by atoms with Gasteiger partial charge in [0, 0.05) is 11.8 Å². The highest BCUT2D eigenvalue weighted by atomic mass is 16.5. The summed E-state index contributed by atoms with van der Waals surface area (Å²) in [4.78, 5) is 11.8. The predicted molar refractivity (Wildman–Crippen MR) is 99.0 cm³/mol. The third kappa shape index (κ3) is 3.91. The van der Waals surface area contributed by atoms with Gasteiger partial charge in [0.05, 0.1) is 18.3 Å². The van der Waals surface area contributed by atoms with Crippen LogP contribution in [-0.2, 0) is 9.53 Å². The molecule has 0 unspecified atom stereocenters. The number of esters is 1. The summed E-state index contributed by atoms with van der Waals surface area (Å²) in [6.45, 7) is 4.07. The fourth-order valence-corrected chi connectivity index (χ4v) is 2.87. The van der Waals surface area contributed by atoms with E-state index in [9.17, 15) is 4.79 Å². The SMILES string of the molecule is CCOC(=O)/C=C(\C)N1NC(c2ccccc2)=C[C@@H]1c1ccccc1. The van der Waals surface area contributed by atoms with Crippen LogP contribution in [0.4, 0.5) is 0 Å². The highest BCUT2D eigenvalue weighted by molar-refractivity contribution is 5.82. The summed E-state index contributed by atoms with van der Waals surface area (Å²) in [5.74, 6) is -0.332. The minimum absolute atomic E-state index is 0.00193. The van der Waals surface area contributed by atoms with Crippen LogP contribution in [0.1, 0.15) is 31.0 Å². The Kier molecular flexibility index (Phi) is 5.19. The van der Waals surface area contributed by atoms with Crippen LogP contribution in [-0.4, -0.2) is 17.6 Å². The first-order valence-electron chi connectivity index (χ1n) is 8.42. The van der Waals surface area contributed by atoms with Gasteiger partial charge in [-0.1, -0.05) is 60.7 Å². The number of nitrogens with one attached hydrogen (secondary N) is 1. The van der Waals surface area contributed by atoms with Crippen LogP contribution in [0, 0.1) is 0 Å². The molecular formula is C21H22N2O2. The minimum atomic E-state index is -0.332. The summed E-state index contributed by atoms with van der Waals surface area (Å²) in [6, 6.07) is 20.4. The van der Waals surface area contributed by atoms with Crippen LogP contribution in [0.25, 0.3) is 5.70 Å². The van der Waals surface area contributed by atoms with Crippen LogP contribution in [0.2, 0.25) is 0 Å². The number of hydrogen-bond donors (Lipinski definition) is 1. The van der Waals surface area contributed by atoms with Crippen molar-refractivity contribution in [3.8, 4) is 0 Å². The monoisotopic (exact) mass is 334 g/mol. The van der Waals surface area contributed by atoms with E-state index in [-0.39, 0.29) is 12.0 Å². The maximum absolute atomic E-state index is 11.8. The third-order valence-corrected chi connectivity index (χ3v) is 4.06. The lowest BCUT2D eigenvalue weighted by molar-refractivity contribution is -0.137. The topological polar surface area (TPSA) is 41.6 Å². The Bertz CT molecular complexity index is 782. The molecule has 0 saturated heterocycles. The van der Waals surface area contributed by atoms with Crippen molar-refractivity contribution >= 4 is 11.7 Å². The summed E-state index contributed by atoms with van der Waals surface area (Å²) >= 11 is 0. The van der Waals surface area contributed by atoms with E-state index < -0.39 is 0 Å². The van der Waals surface area contributed by atoms with E-state index in [2.05, 4.69) is 35.8 Å². The normalized spacial score (nSPS) is 17.0. The van der Waals surface area contributed by atoms with Gasteiger partial charge in [-0.25, -0.2) is 4.79 Å². The molecule has 25 heavy (non-hydrogen) atoms. The summed E-state index contributed by atoms with van der Waals surface area (Å²) in [7, 11) is 0. The van der Waals surface area contributed by atoms with Crippen molar-refractivity contribution in [2.24, 2.45) is 0 Å². The summed E-state index contributed by atoms with van der Waals surface area (Å²) in [5.41, 5.74) is 7.50. The zero-order chi connectivity index (χ0) is 17.6. The highest BCUT2D eigenvalue weighted by Gasteiger charge is 2.27. The van der Waals surface area contributed by atoms with Crippen LogP contribution in [0.3, 0.4) is 0 Å².